The van der Waals surface area contributed by atoms with Gasteiger partial charge < -0.3 is 10.6 Å². The Labute approximate surface area is 169 Å². The predicted octanol–water partition coefficient (Wildman–Crippen LogP) is 2.60. The molecule has 1 saturated heterocycles. The van der Waals surface area contributed by atoms with Crippen molar-refractivity contribution in [3.63, 3.8) is 0 Å². The van der Waals surface area contributed by atoms with Gasteiger partial charge in [0.2, 0.25) is 10.0 Å². The van der Waals surface area contributed by atoms with E-state index in [2.05, 4.69) is 15.6 Å². The second kappa shape index (κ2) is 10.0. The van der Waals surface area contributed by atoms with Crippen LogP contribution in [0.1, 0.15) is 18.5 Å². The molecular formula is C16H24Cl2N4O2S2. The van der Waals surface area contributed by atoms with E-state index in [1.54, 1.807) is 35.2 Å². The summed E-state index contributed by atoms with van der Waals surface area (Å²) >= 11 is 13.9. The van der Waals surface area contributed by atoms with Crippen LogP contribution < -0.4 is 10.6 Å². The molecule has 0 aliphatic carbocycles. The number of guanidine groups is 1. The maximum atomic E-state index is 12.4. The Hall–Kier alpha value is -0.670. The van der Waals surface area contributed by atoms with Crippen LogP contribution in [0.15, 0.2) is 23.2 Å². The second-order valence-corrected chi connectivity index (χ2v) is 10.0. The van der Waals surface area contributed by atoms with Crippen molar-refractivity contribution in [1.29, 1.82) is 0 Å². The van der Waals surface area contributed by atoms with Crippen molar-refractivity contribution in [2.75, 3.05) is 43.9 Å². The molecule has 2 N–H and O–H groups in total. The van der Waals surface area contributed by atoms with Gasteiger partial charge in [-0.25, -0.2) is 12.7 Å². The summed E-state index contributed by atoms with van der Waals surface area (Å²) in [5.74, 6) is 2.27. The first-order valence-electron chi connectivity index (χ1n) is 8.31. The Kier molecular flexibility index (Phi) is 8.35. The number of nitrogens with one attached hydrogen (secondary N) is 2. The minimum Gasteiger partial charge on any atom is -0.355 e. The molecule has 1 aliphatic rings. The molecule has 1 fully saturated rings. The van der Waals surface area contributed by atoms with Crippen LogP contribution in [0.4, 0.5) is 0 Å². The molecule has 10 heteroatoms. The standard InChI is InChI=1S/C16H24Cl2N4O2S2/c1-12(14-4-3-13(17)11-15(14)18)21-16(19-2)20-5-10-26(23,24)22-6-8-25-9-7-22/h3-4,11-12H,5-10H2,1-2H3,(H2,19,20,21). The third-order valence-corrected chi connectivity index (χ3v) is 7.40. The van der Waals surface area contributed by atoms with Gasteiger partial charge in [0.05, 0.1) is 11.8 Å². The lowest BCUT2D eigenvalue weighted by atomic mass is 10.1. The molecule has 1 heterocycles. The van der Waals surface area contributed by atoms with E-state index in [-0.39, 0.29) is 18.3 Å². The Morgan fingerprint density at radius 2 is 2.04 bits per heavy atom. The van der Waals surface area contributed by atoms with Crippen molar-refractivity contribution in [1.82, 2.24) is 14.9 Å². The van der Waals surface area contributed by atoms with E-state index in [1.807, 2.05) is 13.0 Å². The fourth-order valence-electron chi connectivity index (χ4n) is 2.58. The van der Waals surface area contributed by atoms with Gasteiger partial charge in [-0.05, 0) is 24.6 Å². The van der Waals surface area contributed by atoms with E-state index in [4.69, 9.17) is 23.2 Å². The van der Waals surface area contributed by atoms with Crippen LogP contribution in [0.25, 0.3) is 0 Å². The molecule has 0 radical (unpaired) electrons. The Morgan fingerprint density at radius 1 is 1.35 bits per heavy atom. The van der Waals surface area contributed by atoms with Crippen molar-refractivity contribution in [2.24, 2.45) is 4.99 Å². The second-order valence-electron chi connectivity index (χ2n) is 5.86. The van der Waals surface area contributed by atoms with E-state index in [0.29, 0.717) is 29.1 Å². The molecule has 0 bridgehead atoms. The van der Waals surface area contributed by atoms with Crippen molar-refractivity contribution >= 4 is 50.9 Å². The molecule has 1 aliphatic heterocycles. The maximum absolute atomic E-state index is 12.4. The summed E-state index contributed by atoms with van der Waals surface area (Å²) in [6, 6.07) is 5.22. The number of hydrogen-bond acceptors (Lipinski definition) is 4. The fraction of sp³-hybridized carbons (Fsp3) is 0.562. The van der Waals surface area contributed by atoms with Crippen molar-refractivity contribution < 1.29 is 8.42 Å². The van der Waals surface area contributed by atoms with Crippen LogP contribution in [0.5, 0.6) is 0 Å². The first kappa shape index (κ1) is 21.6. The molecule has 2 rings (SSSR count). The zero-order valence-electron chi connectivity index (χ0n) is 14.8. The van der Waals surface area contributed by atoms with Gasteiger partial charge in [0.25, 0.3) is 0 Å². The normalized spacial score (nSPS) is 17.8. The number of hydrogen-bond donors (Lipinski definition) is 2. The summed E-state index contributed by atoms with van der Waals surface area (Å²) in [5, 5.41) is 7.41. The minimum absolute atomic E-state index is 0.0362. The van der Waals surface area contributed by atoms with Crippen molar-refractivity contribution in [3.05, 3.63) is 33.8 Å². The van der Waals surface area contributed by atoms with Gasteiger partial charge in [0.1, 0.15) is 0 Å². The highest BCUT2D eigenvalue weighted by molar-refractivity contribution is 7.99. The molecular weight excluding hydrogens is 415 g/mol. The highest BCUT2D eigenvalue weighted by Crippen LogP contribution is 2.25. The molecule has 26 heavy (non-hydrogen) atoms. The summed E-state index contributed by atoms with van der Waals surface area (Å²) in [7, 11) is -1.60. The van der Waals surface area contributed by atoms with Gasteiger partial charge in [-0.2, -0.15) is 11.8 Å². The average Bonchev–Trinajstić information content (AvgIpc) is 2.61. The Balaban J connectivity index is 1.87. The molecule has 0 saturated carbocycles. The topological polar surface area (TPSA) is 73.8 Å². The van der Waals surface area contributed by atoms with Crippen LogP contribution >= 0.6 is 35.0 Å². The number of sulfonamides is 1. The molecule has 0 amide bonds. The smallest absolute Gasteiger partial charge is 0.215 e. The largest absolute Gasteiger partial charge is 0.355 e. The van der Waals surface area contributed by atoms with Gasteiger partial charge in [-0.1, -0.05) is 29.3 Å². The molecule has 1 atom stereocenters. The molecule has 6 nitrogen and oxygen atoms in total. The van der Waals surface area contributed by atoms with E-state index in [1.165, 1.54) is 0 Å². The fourth-order valence-corrected chi connectivity index (χ4v) is 5.65. The summed E-state index contributed by atoms with van der Waals surface area (Å²) in [4.78, 5) is 4.15. The number of benzene rings is 1. The van der Waals surface area contributed by atoms with Gasteiger partial charge in [0.15, 0.2) is 5.96 Å². The van der Waals surface area contributed by atoms with Crippen LogP contribution in [-0.2, 0) is 10.0 Å². The van der Waals surface area contributed by atoms with Crippen molar-refractivity contribution in [3.8, 4) is 0 Å². The lowest BCUT2D eigenvalue weighted by Gasteiger charge is -2.26. The number of aliphatic imine (C=N–C) groups is 1. The molecule has 0 spiro atoms. The highest BCUT2D eigenvalue weighted by atomic mass is 35.5. The third-order valence-electron chi connectivity index (χ3n) is 4.02. The highest BCUT2D eigenvalue weighted by Gasteiger charge is 2.23. The van der Waals surface area contributed by atoms with E-state index >= 15 is 0 Å². The van der Waals surface area contributed by atoms with E-state index in [9.17, 15) is 8.42 Å². The first-order valence-corrected chi connectivity index (χ1v) is 11.8. The van der Waals surface area contributed by atoms with Crippen LogP contribution in [0, 0.1) is 0 Å². The molecule has 1 aromatic carbocycles. The van der Waals surface area contributed by atoms with Gasteiger partial charge in [0, 0.05) is 48.2 Å². The van der Waals surface area contributed by atoms with Crippen LogP contribution in [0.3, 0.4) is 0 Å². The van der Waals surface area contributed by atoms with Gasteiger partial charge in [-0.15, -0.1) is 0 Å². The van der Waals surface area contributed by atoms with E-state index < -0.39 is 10.0 Å². The SMILES string of the molecule is CN=C(NCCS(=O)(=O)N1CCSCC1)NC(C)c1ccc(Cl)cc1Cl. The zero-order chi connectivity index (χ0) is 19.2. The van der Waals surface area contributed by atoms with E-state index in [0.717, 1.165) is 17.1 Å². The first-order chi connectivity index (χ1) is 12.3. The molecule has 146 valence electrons. The minimum atomic E-state index is -3.24. The average molecular weight is 439 g/mol. The predicted molar refractivity (Wildman–Crippen MR) is 112 cm³/mol. The lowest BCUT2D eigenvalue weighted by molar-refractivity contribution is 0.443. The molecule has 0 aromatic heterocycles. The molecule has 1 aromatic rings. The number of nitrogens with zero attached hydrogens (tertiary/aromatic N) is 2. The summed E-state index contributed by atoms with van der Waals surface area (Å²) in [5.41, 5.74) is 0.887. The monoisotopic (exact) mass is 438 g/mol. The zero-order valence-corrected chi connectivity index (χ0v) is 18.0. The number of halogens is 2. The molecule has 1 unspecified atom stereocenters. The summed E-state index contributed by atoms with van der Waals surface area (Å²) < 4.78 is 26.3. The summed E-state index contributed by atoms with van der Waals surface area (Å²) in [6.07, 6.45) is 0. The van der Waals surface area contributed by atoms with Crippen LogP contribution in [-0.4, -0.2) is 62.6 Å². The van der Waals surface area contributed by atoms with Crippen LogP contribution in [0.2, 0.25) is 10.0 Å². The van der Waals surface area contributed by atoms with Gasteiger partial charge >= 0.3 is 0 Å². The Morgan fingerprint density at radius 3 is 2.65 bits per heavy atom. The number of rotatable bonds is 6. The third kappa shape index (κ3) is 6.20. The van der Waals surface area contributed by atoms with Crippen molar-refractivity contribution in [2.45, 2.75) is 13.0 Å². The summed E-state index contributed by atoms with van der Waals surface area (Å²) in [6.45, 7) is 3.41. The lowest BCUT2D eigenvalue weighted by Crippen LogP contribution is -2.44. The number of thioether (sulfide) groups is 1. The quantitative estimate of drug-likeness (QED) is 0.527. The van der Waals surface area contributed by atoms with Gasteiger partial charge in [-0.3, -0.25) is 4.99 Å². The Bertz CT molecular complexity index is 738. The maximum Gasteiger partial charge on any atom is 0.215 e.